The highest BCUT2D eigenvalue weighted by Gasteiger charge is 2.14. The Kier molecular flexibility index (Phi) is 5.64. The average Bonchev–Trinajstić information content (AvgIpc) is 2.00. The second kappa shape index (κ2) is 5.69. The Balaban J connectivity index is 3.70. The van der Waals surface area contributed by atoms with Crippen LogP contribution in [0.4, 0.5) is 0 Å². The maximum absolute atomic E-state index is 5.56. The second-order valence-corrected chi connectivity index (χ2v) is 2.81. The van der Waals surface area contributed by atoms with E-state index in [2.05, 4.69) is 13.8 Å². The molecule has 0 amide bonds. The predicted octanol–water partition coefficient (Wildman–Crippen LogP) is 0.956. The van der Waals surface area contributed by atoms with E-state index in [9.17, 15) is 0 Å². The minimum atomic E-state index is 0.537. The van der Waals surface area contributed by atoms with Gasteiger partial charge in [0, 0.05) is 0 Å². The molecule has 62 valence electrons. The summed E-state index contributed by atoms with van der Waals surface area (Å²) in [5, 5.41) is 0. The van der Waals surface area contributed by atoms with Crippen molar-refractivity contribution in [3.05, 3.63) is 0 Å². The van der Waals surface area contributed by atoms with E-state index in [0.29, 0.717) is 5.92 Å². The molecule has 0 radical (unpaired) electrons. The summed E-state index contributed by atoms with van der Waals surface area (Å²) < 4.78 is 0. The minimum absolute atomic E-state index is 0.537. The Bertz CT molecular complexity index is 55.7. The minimum Gasteiger partial charge on any atom is -0.330 e. The standard InChI is InChI=1S/C8H20N2/c1-3-7(4-2)8(5-9)6-10/h7-8H,3-6,9-10H2,1-2H3. The summed E-state index contributed by atoms with van der Waals surface area (Å²) in [4.78, 5) is 0. The van der Waals surface area contributed by atoms with Gasteiger partial charge in [-0.15, -0.1) is 0 Å². The molecule has 0 aromatic heterocycles. The molecular formula is C8H20N2. The molecule has 0 saturated heterocycles. The molecule has 0 atom stereocenters. The molecule has 0 aliphatic carbocycles. The molecule has 2 heteroatoms. The van der Waals surface area contributed by atoms with E-state index in [-0.39, 0.29) is 0 Å². The first kappa shape index (κ1) is 9.92. The Morgan fingerprint density at radius 3 is 1.40 bits per heavy atom. The van der Waals surface area contributed by atoms with Crippen molar-refractivity contribution in [1.82, 2.24) is 0 Å². The van der Waals surface area contributed by atoms with Gasteiger partial charge in [-0.25, -0.2) is 0 Å². The maximum atomic E-state index is 5.56. The summed E-state index contributed by atoms with van der Waals surface area (Å²) in [7, 11) is 0. The highest BCUT2D eigenvalue weighted by molar-refractivity contribution is 4.68. The molecule has 0 saturated carbocycles. The molecule has 2 nitrogen and oxygen atoms in total. The third-order valence-electron chi connectivity index (χ3n) is 2.32. The smallest absolute Gasteiger partial charge is 0.00341 e. The fourth-order valence-electron chi connectivity index (χ4n) is 1.44. The van der Waals surface area contributed by atoms with Crippen molar-refractivity contribution < 1.29 is 0 Å². The molecule has 0 aromatic carbocycles. The summed E-state index contributed by atoms with van der Waals surface area (Å²) in [6.45, 7) is 5.88. The number of hydrogen-bond donors (Lipinski definition) is 2. The molecular weight excluding hydrogens is 124 g/mol. The highest BCUT2D eigenvalue weighted by atomic mass is 14.6. The van der Waals surface area contributed by atoms with Gasteiger partial charge in [0.2, 0.25) is 0 Å². The van der Waals surface area contributed by atoms with Gasteiger partial charge in [-0.2, -0.15) is 0 Å². The van der Waals surface area contributed by atoms with Crippen molar-refractivity contribution in [3.8, 4) is 0 Å². The van der Waals surface area contributed by atoms with E-state index in [4.69, 9.17) is 11.5 Å². The number of nitrogens with two attached hydrogens (primary N) is 2. The molecule has 0 aromatic rings. The van der Waals surface area contributed by atoms with Crippen LogP contribution in [0.2, 0.25) is 0 Å². The number of rotatable bonds is 5. The van der Waals surface area contributed by atoms with E-state index in [1.165, 1.54) is 12.8 Å². The predicted molar refractivity (Wildman–Crippen MR) is 45.7 cm³/mol. The third kappa shape index (κ3) is 2.67. The lowest BCUT2D eigenvalue weighted by molar-refractivity contribution is 0.327. The lowest BCUT2D eigenvalue weighted by atomic mass is 9.88. The van der Waals surface area contributed by atoms with Crippen LogP contribution in [0.25, 0.3) is 0 Å². The quantitative estimate of drug-likeness (QED) is 0.603. The maximum Gasteiger partial charge on any atom is -0.00341 e. The van der Waals surface area contributed by atoms with E-state index >= 15 is 0 Å². The second-order valence-electron chi connectivity index (χ2n) is 2.81. The van der Waals surface area contributed by atoms with Gasteiger partial charge in [0.25, 0.3) is 0 Å². The monoisotopic (exact) mass is 144 g/mol. The molecule has 0 aliphatic rings. The van der Waals surface area contributed by atoms with Gasteiger partial charge in [0.05, 0.1) is 0 Å². The van der Waals surface area contributed by atoms with Gasteiger partial charge >= 0.3 is 0 Å². The van der Waals surface area contributed by atoms with Crippen LogP contribution >= 0.6 is 0 Å². The van der Waals surface area contributed by atoms with Gasteiger partial charge in [0.15, 0.2) is 0 Å². The normalized spacial score (nSPS) is 11.4. The Labute approximate surface area is 64.0 Å². The zero-order chi connectivity index (χ0) is 7.98. The van der Waals surface area contributed by atoms with Gasteiger partial charge < -0.3 is 11.5 Å². The highest BCUT2D eigenvalue weighted by Crippen LogP contribution is 2.16. The van der Waals surface area contributed by atoms with Crippen molar-refractivity contribution in [2.45, 2.75) is 26.7 Å². The first-order chi connectivity index (χ1) is 4.79. The topological polar surface area (TPSA) is 52.0 Å². The molecule has 10 heavy (non-hydrogen) atoms. The Morgan fingerprint density at radius 2 is 1.30 bits per heavy atom. The van der Waals surface area contributed by atoms with Crippen molar-refractivity contribution in [3.63, 3.8) is 0 Å². The SMILES string of the molecule is CCC(CC)C(CN)CN. The zero-order valence-corrected chi connectivity index (χ0v) is 7.14. The summed E-state index contributed by atoms with van der Waals surface area (Å²) in [6, 6.07) is 0. The van der Waals surface area contributed by atoms with Crippen LogP contribution in [0, 0.1) is 11.8 Å². The number of hydrogen-bond acceptors (Lipinski definition) is 2. The largest absolute Gasteiger partial charge is 0.330 e. The summed E-state index contributed by atoms with van der Waals surface area (Å²) in [6.07, 6.45) is 2.41. The first-order valence-electron chi connectivity index (χ1n) is 4.20. The van der Waals surface area contributed by atoms with Crippen LogP contribution in [0.15, 0.2) is 0 Å². The molecule has 0 spiro atoms. The van der Waals surface area contributed by atoms with E-state index < -0.39 is 0 Å². The lowest BCUT2D eigenvalue weighted by Gasteiger charge is -2.21. The summed E-state index contributed by atoms with van der Waals surface area (Å²) >= 11 is 0. The third-order valence-corrected chi connectivity index (χ3v) is 2.32. The molecule has 0 aliphatic heterocycles. The summed E-state index contributed by atoms with van der Waals surface area (Å²) in [5.41, 5.74) is 11.1. The van der Waals surface area contributed by atoms with Crippen LogP contribution in [-0.2, 0) is 0 Å². The van der Waals surface area contributed by atoms with Gasteiger partial charge in [0.1, 0.15) is 0 Å². The van der Waals surface area contributed by atoms with Crippen LogP contribution < -0.4 is 11.5 Å². The molecule has 0 unspecified atom stereocenters. The van der Waals surface area contributed by atoms with Crippen molar-refractivity contribution in [1.29, 1.82) is 0 Å². The van der Waals surface area contributed by atoms with Gasteiger partial charge in [-0.1, -0.05) is 26.7 Å². The fourth-order valence-corrected chi connectivity index (χ4v) is 1.44. The Hall–Kier alpha value is -0.0800. The van der Waals surface area contributed by atoms with Crippen LogP contribution in [-0.4, -0.2) is 13.1 Å². The summed E-state index contributed by atoms with van der Waals surface area (Å²) in [5.74, 6) is 1.27. The van der Waals surface area contributed by atoms with Gasteiger partial charge in [-0.05, 0) is 24.9 Å². The Morgan fingerprint density at radius 1 is 0.900 bits per heavy atom. The first-order valence-corrected chi connectivity index (χ1v) is 4.20. The average molecular weight is 144 g/mol. The van der Waals surface area contributed by atoms with Crippen molar-refractivity contribution >= 4 is 0 Å². The van der Waals surface area contributed by atoms with E-state index in [1.54, 1.807) is 0 Å². The molecule has 4 N–H and O–H groups in total. The molecule has 0 fully saturated rings. The van der Waals surface area contributed by atoms with Crippen LogP contribution in [0.1, 0.15) is 26.7 Å². The van der Waals surface area contributed by atoms with Gasteiger partial charge in [-0.3, -0.25) is 0 Å². The fraction of sp³-hybridized carbons (Fsp3) is 1.00. The molecule has 0 heterocycles. The van der Waals surface area contributed by atoms with E-state index in [1.807, 2.05) is 0 Å². The van der Waals surface area contributed by atoms with Crippen molar-refractivity contribution in [2.24, 2.45) is 23.3 Å². The molecule has 0 rings (SSSR count). The van der Waals surface area contributed by atoms with E-state index in [0.717, 1.165) is 19.0 Å². The zero-order valence-electron chi connectivity index (χ0n) is 7.14. The lowest BCUT2D eigenvalue weighted by Crippen LogP contribution is -2.29. The van der Waals surface area contributed by atoms with Crippen LogP contribution in [0.5, 0.6) is 0 Å². The van der Waals surface area contributed by atoms with Crippen LogP contribution in [0.3, 0.4) is 0 Å². The molecule has 0 bridgehead atoms. The van der Waals surface area contributed by atoms with Crippen molar-refractivity contribution in [2.75, 3.05) is 13.1 Å².